The Hall–Kier alpha value is -1.32. The van der Waals surface area contributed by atoms with E-state index in [4.69, 9.17) is 9.84 Å². The van der Waals surface area contributed by atoms with Crippen LogP contribution in [0.1, 0.15) is 239 Å². The van der Waals surface area contributed by atoms with E-state index in [0.717, 1.165) is 51.4 Å². The molecule has 4 heteroatoms. The summed E-state index contributed by atoms with van der Waals surface area (Å²) >= 11 is 0. The predicted molar refractivity (Wildman–Crippen MR) is 200 cm³/mol. The van der Waals surface area contributed by atoms with Crippen LogP contribution in [0.4, 0.5) is 0 Å². The van der Waals surface area contributed by atoms with Crippen LogP contribution in [0.3, 0.4) is 0 Å². The molecule has 272 valence electrons. The third-order valence-electron chi connectivity index (χ3n) is 9.49. The second kappa shape index (κ2) is 38.1. The van der Waals surface area contributed by atoms with Crippen LogP contribution in [0.2, 0.25) is 0 Å². The van der Waals surface area contributed by atoms with Crippen molar-refractivity contribution in [1.82, 2.24) is 0 Å². The Labute approximate surface area is 287 Å². The molecule has 0 saturated carbocycles. The summed E-state index contributed by atoms with van der Waals surface area (Å²) in [5, 5.41) is 8.75. The number of unbranched alkanes of at least 4 members (excludes halogenated alkanes) is 27. The Morgan fingerprint density at radius 3 is 1.17 bits per heavy atom. The van der Waals surface area contributed by atoms with Crippen LogP contribution in [-0.4, -0.2) is 23.1 Å². The maximum atomic E-state index is 12.7. The zero-order chi connectivity index (χ0) is 33.6. The number of hydrogen-bond donors (Lipinski definition) is 1. The highest BCUT2D eigenvalue weighted by Gasteiger charge is 2.14. The molecular weight excluding hydrogens is 568 g/mol. The molecule has 0 aliphatic heterocycles. The lowest BCUT2D eigenvalue weighted by Gasteiger charge is -2.18. The molecule has 1 atom stereocenters. The van der Waals surface area contributed by atoms with E-state index in [9.17, 15) is 9.59 Å². The third-order valence-corrected chi connectivity index (χ3v) is 9.49. The lowest BCUT2D eigenvalue weighted by molar-refractivity contribution is -0.150. The van der Waals surface area contributed by atoms with E-state index >= 15 is 0 Å². The van der Waals surface area contributed by atoms with Crippen molar-refractivity contribution in [3.05, 3.63) is 12.2 Å². The minimum atomic E-state index is -0.680. The Morgan fingerprint density at radius 2 is 0.783 bits per heavy atom. The first-order valence-corrected chi connectivity index (χ1v) is 20.7. The van der Waals surface area contributed by atoms with Gasteiger partial charge >= 0.3 is 11.9 Å². The van der Waals surface area contributed by atoms with Gasteiger partial charge in [-0.25, -0.2) is 0 Å². The van der Waals surface area contributed by atoms with Gasteiger partial charge in [-0.3, -0.25) is 9.59 Å². The minimum Gasteiger partial charge on any atom is -0.481 e. The largest absolute Gasteiger partial charge is 0.481 e. The molecule has 0 aromatic rings. The molecule has 0 aliphatic rings. The molecule has 0 aliphatic carbocycles. The maximum Gasteiger partial charge on any atom is 0.306 e. The van der Waals surface area contributed by atoms with Gasteiger partial charge in [0, 0.05) is 12.8 Å². The van der Waals surface area contributed by atoms with Gasteiger partial charge in [0.1, 0.15) is 6.10 Å². The van der Waals surface area contributed by atoms with E-state index in [0.29, 0.717) is 12.8 Å². The fourth-order valence-corrected chi connectivity index (χ4v) is 6.42. The molecule has 0 spiro atoms. The maximum absolute atomic E-state index is 12.7. The third kappa shape index (κ3) is 37.1. The standard InChI is InChI=1S/C42H80O4/c1-3-5-7-9-11-13-15-16-17-18-19-21-27-31-35-39-42(45)46-40(36-32-28-24-20-14-12-10-8-6-4-2)37-33-29-25-22-23-26-30-34-38-41(43)44/h16-17,40H,3-15,18-39H2,1-2H3,(H,43,44)/b17-16-. The van der Waals surface area contributed by atoms with Crippen LogP contribution < -0.4 is 0 Å². The van der Waals surface area contributed by atoms with Gasteiger partial charge in [-0.05, 0) is 64.2 Å². The van der Waals surface area contributed by atoms with E-state index in [-0.39, 0.29) is 12.1 Å². The number of rotatable bonds is 38. The number of carboxylic acids is 1. The van der Waals surface area contributed by atoms with Crippen molar-refractivity contribution in [2.24, 2.45) is 0 Å². The molecule has 0 aromatic heterocycles. The number of esters is 1. The quantitative estimate of drug-likeness (QED) is 0.0411. The fourth-order valence-electron chi connectivity index (χ4n) is 6.42. The van der Waals surface area contributed by atoms with Crippen molar-refractivity contribution >= 4 is 11.9 Å². The van der Waals surface area contributed by atoms with Crippen molar-refractivity contribution < 1.29 is 19.4 Å². The van der Waals surface area contributed by atoms with Gasteiger partial charge < -0.3 is 9.84 Å². The summed E-state index contributed by atoms with van der Waals surface area (Å²) in [4.78, 5) is 23.3. The zero-order valence-corrected chi connectivity index (χ0v) is 31.2. The second-order valence-corrected chi connectivity index (χ2v) is 14.2. The Morgan fingerprint density at radius 1 is 0.457 bits per heavy atom. The van der Waals surface area contributed by atoms with Gasteiger partial charge in [0.05, 0.1) is 0 Å². The van der Waals surface area contributed by atoms with Crippen molar-refractivity contribution in [2.45, 2.75) is 245 Å². The number of aliphatic carboxylic acids is 1. The van der Waals surface area contributed by atoms with Crippen molar-refractivity contribution in [1.29, 1.82) is 0 Å². The first-order chi connectivity index (χ1) is 22.6. The van der Waals surface area contributed by atoms with Gasteiger partial charge in [-0.2, -0.15) is 0 Å². The molecular formula is C42H80O4. The molecule has 0 saturated heterocycles. The molecule has 46 heavy (non-hydrogen) atoms. The average Bonchev–Trinajstić information content (AvgIpc) is 3.04. The molecule has 4 nitrogen and oxygen atoms in total. The van der Waals surface area contributed by atoms with Gasteiger partial charge in [0.15, 0.2) is 0 Å². The van der Waals surface area contributed by atoms with E-state index in [1.54, 1.807) is 0 Å². The van der Waals surface area contributed by atoms with E-state index < -0.39 is 5.97 Å². The summed E-state index contributed by atoms with van der Waals surface area (Å²) < 4.78 is 6.05. The number of ether oxygens (including phenoxy) is 1. The summed E-state index contributed by atoms with van der Waals surface area (Å²) in [6.45, 7) is 4.55. The number of hydrogen-bond acceptors (Lipinski definition) is 3. The highest BCUT2D eigenvalue weighted by atomic mass is 16.5. The first-order valence-electron chi connectivity index (χ1n) is 20.7. The predicted octanol–water partition coefficient (Wildman–Crippen LogP) is 14.2. The van der Waals surface area contributed by atoms with Crippen LogP contribution in [0.5, 0.6) is 0 Å². The molecule has 0 bridgehead atoms. The SMILES string of the molecule is CCCCCCCC/C=C\CCCCCCCC(=O)OC(CCCCCCCCCCCC)CCCCCCCCCCC(=O)O. The average molecular weight is 649 g/mol. The minimum absolute atomic E-state index is 0.0241. The van der Waals surface area contributed by atoms with Gasteiger partial charge in [-0.15, -0.1) is 0 Å². The van der Waals surface area contributed by atoms with Crippen molar-refractivity contribution in [2.75, 3.05) is 0 Å². The number of allylic oxidation sites excluding steroid dienone is 2. The highest BCUT2D eigenvalue weighted by Crippen LogP contribution is 2.19. The fraction of sp³-hybridized carbons (Fsp3) is 0.905. The summed E-state index contributed by atoms with van der Waals surface area (Å²) in [6.07, 6.45) is 46.6. The van der Waals surface area contributed by atoms with Gasteiger partial charge in [0.25, 0.3) is 0 Å². The summed E-state index contributed by atoms with van der Waals surface area (Å²) in [7, 11) is 0. The van der Waals surface area contributed by atoms with Crippen LogP contribution in [0.25, 0.3) is 0 Å². The van der Waals surface area contributed by atoms with E-state index in [1.807, 2.05) is 0 Å². The van der Waals surface area contributed by atoms with Gasteiger partial charge in [0.2, 0.25) is 0 Å². The smallest absolute Gasteiger partial charge is 0.306 e. The topological polar surface area (TPSA) is 63.6 Å². The monoisotopic (exact) mass is 649 g/mol. The number of carboxylic acid groups (broad SMARTS) is 1. The molecule has 0 radical (unpaired) electrons. The Kier molecular flexibility index (Phi) is 37.0. The molecule has 0 rings (SSSR count). The van der Waals surface area contributed by atoms with Crippen LogP contribution in [0.15, 0.2) is 12.2 Å². The van der Waals surface area contributed by atoms with Crippen molar-refractivity contribution in [3.63, 3.8) is 0 Å². The molecule has 0 aromatic carbocycles. The summed E-state index contributed by atoms with van der Waals surface area (Å²) in [5.74, 6) is -0.656. The normalized spacial score (nSPS) is 12.2. The summed E-state index contributed by atoms with van der Waals surface area (Å²) in [6, 6.07) is 0. The van der Waals surface area contributed by atoms with E-state index in [2.05, 4.69) is 26.0 Å². The Balaban J connectivity index is 4.06. The zero-order valence-electron chi connectivity index (χ0n) is 31.2. The molecule has 0 amide bonds. The van der Waals surface area contributed by atoms with Crippen molar-refractivity contribution in [3.8, 4) is 0 Å². The number of carbonyl (C=O) groups excluding carboxylic acids is 1. The first kappa shape index (κ1) is 44.7. The van der Waals surface area contributed by atoms with E-state index in [1.165, 1.54) is 161 Å². The molecule has 1 unspecified atom stereocenters. The molecule has 1 N–H and O–H groups in total. The Bertz CT molecular complexity index is 658. The second-order valence-electron chi connectivity index (χ2n) is 14.2. The number of carbonyl (C=O) groups is 2. The summed E-state index contributed by atoms with van der Waals surface area (Å²) in [5.41, 5.74) is 0. The molecule has 0 fully saturated rings. The van der Waals surface area contributed by atoms with Gasteiger partial charge in [-0.1, -0.05) is 174 Å². The highest BCUT2D eigenvalue weighted by molar-refractivity contribution is 5.69. The molecule has 0 heterocycles. The lowest BCUT2D eigenvalue weighted by Crippen LogP contribution is -2.18. The van der Waals surface area contributed by atoms with Crippen LogP contribution >= 0.6 is 0 Å². The van der Waals surface area contributed by atoms with Crippen LogP contribution in [-0.2, 0) is 14.3 Å². The lowest BCUT2D eigenvalue weighted by atomic mass is 10.0. The van der Waals surface area contributed by atoms with Crippen LogP contribution in [0, 0.1) is 0 Å².